The van der Waals surface area contributed by atoms with Gasteiger partial charge in [0.2, 0.25) is 0 Å². The second kappa shape index (κ2) is 9.82. The number of hydrogen-bond donors (Lipinski definition) is 1. The summed E-state index contributed by atoms with van der Waals surface area (Å²) in [6, 6.07) is 22.8. The average molecular weight is 464 g/mol. The van der Waals surface area contributed by atoms with E-state index in [-0.39, 0.29) is 18.3 Å². The first-order chi connectivity index (χ1) is 14.1. The highest BCUT2D eigenvalue weighted by molar-refractivity contribution is 6.31. The first-order valence-electron chi connectivity index (χ1n) is 9.30. The van der Waals surface area contributed by atoms with E-state index in [2.05, 4.69) is 5.32 Å². The number of likely N-dealkylation sites (N-methyl/N-ethyl adjacent to an activating group) is 1. The third-order valence-electron chi connectivity index (χ3n) is 4.96. The number of anilines is 1. The Bertz CT molecular complexity index is 1030. The lowest BCUT2D eigenvalue weighted by Gasteiger charge is -2.25. The zero-order chi connectivity index (χ0) is 20.4. The van der Waals surface area contributed by atoms with Crippen LogP contribution in [0.15, 0.2) is 72.8 Å². The molecule has 4 rings (SSSR count). The number of carbonyl (C=O) groups is 1. The Hall–Kier alpha value is -2.08. The summed E-state index contributed by atoms with van der Waals surface area (Å²) in [5, 5.41) is 4.13. The molecule has 1 amide bonds. The average Bonchev–Trinajstić information content (AvgIpc) is 2.84. The monoisotopic (exact) mass is 462 g/mol. The second-order valence-electron chi connectivity index (χ2n) is 6.82. The maximum absolute atomic E-state index is 13.4. The van der Waals surface area contributed by atoms with Gasteiger partial charge in [-0.15, -0.1) is 12.4 Å². The predicted octanol–water partition coefficient (Wildman–Crippen LogP) is 5.61. The van der Waals surface area contributed by atoms with Gasteiger partial charge in [-0.2, -0.15) is 0 Å². The summed E-state index contributed by atoms with van der Waals surface area (Å²) >= 11 is 12.8. The minimum absolute atomic E-state index is 0. The van der Waals surface area contributed by atoms with E-state index >= 15 is 0 Å². The summed E-state index contributed by atoms with van der Waals surface area (Å²) in [4.78, 5) is 15.1. The molecule has 0 bridgehead atoms. The summed E-state index contributed by atoms with van der Waals surface area (Å²) in [6.07, 6.45) is -1.37. The highest BCUT2D eigenvalue weighted by Gasteiger charge is 2.36. The number of nitrogens with one attached hydrogen (secondary N) is 1. The molecular formula is C23H21Cl3N2O2. The Morgan fingerprint density at radius 1 is 0.967 bits per heavy atom. The highest BCUT2D eigenvalue weighted by Crippen LogP contribution is 2.41. The van der Waals surface area contributed by atoms with Gasteiger partial charge in [-0.05, 0) is 36.9 Å². The van der Waals surface area contributed by atoms with Crippen LogP contribution in [-0.4, -0.2) is 19.2 Å². The number of benzene rings is 3. The normalized spacial score (nSPS) is 18.4. The summed E-state index contributed by atoms with van der Waals surface area (Å²) < 4.78 is 6.24. The highest BCUT2D eigenvalue weighted by atomic mass is 35.5. The lowest BCUT2D eigenvalue weighted by atomic mass is 9.99. The summed E-state index contributed by atoms with van der Waals surface area (Å²) in [5.41, 5.74) is 3.36. The van der Waals surface area contributed by atoms with Crippen molar-refractivity contribution in [3.8, 4) is 0 Å². The standard InChI is InChI=1S/C23H20Cl2N2O2.ClH/c1-26-22-23(28)27(14-15-7-3-2-4-8-15)20-12-11-16(24)13-18(20)21(29-22)17-9-5-6-10-19(17)25;/h2-13,21-22,26H,14H2,1H3;1H/t21-,22+;/m0./s1. The van der Waals surface area contributed by atoms with E-state index in [1.807, 2.05) is 66.7 Å². The molecule has 0 fully saturated rings. The molecule has 1 N–H and O–H groups in total. The number of amides is 1. The first kappa shape index (κ1) is 22.6. The minimum atomic E-state index is -0.828. The van der Waals surface area contributed by atoms with Gasteiger partial charge in [0.15, 0.2) is 6.23 Å². The van der Waals surface area contributed by atoms with Crippen molar-refractivity contribution in [3.05, 3.63) is 99.5 Å². The Kier molecular flexibility index (Phi) is 7.40. The molecule has 3 aromatic carbocycles. The molecule has 0 saturated heterocycles. The Labute approximate surface area is 192 Å². The van der Waals surface area contributed by atoms with Gasteiger partial charge >= 0.3 is 0 Å². The van der Waals surface area contributed by atoms with E-state index < -0.39 is 12.3 Å². The van der Waals surface area contributed by atoms with Crippen molar-refractivity contribution < 1.29 is 9.53 Å². The number of carbonyl (C=O) groups excluding carboxylic acids is 1. The number of nitrogens with zero attached hydrogens (tertiary/aromatic N) is 1. The molecule has 1 aliphatic rings. The van der Waals surface area contributed by atoms with Crippen molar-refractivity contribution in [1.82, 2.24) is 5.32 Å². The van der Waals surface area contributed by atoms with Gasteiger partial charge in [-0.25, -0.2) is 0 Å². The maximum Gasteiger partial charge on any atom is 0.271 e. The van der Waals surface area contributed by atoms with Gasteiger partial charge in [0.1, 0.15) is 6.10 Å². The molecule has 0 saturated carbocycles. The van der Waals surface area contributed by atoms with Crippen LogP contribution in [-0.2, 0) is 16.1 Å². The summed E-state index contributed by atoms with van der Waals surface area (Å²) in [7, 11) is 1.70. The van der Waals surface area contributed by atoms with E-state index in [0.717, 1.165) is 22.4 Å². The van der Waals surface area contributed by atoms with Gasteiger partial charge in [0.05, 0.1) is 12.2 Å². The lowest BCUT2D eigenvalue weighted by molar-refractivity contribution is -0.134. The fraction of sp³-hybridized carbons (Fsp3) is 0.174. The smallest absolute Gasteiger partial charge is 0.271 e. The van der Waals surface area contributed by atoms with E-state index in [4.69, 9.17) is 27.9 Å². The molecule has 0 unspecified atom stereocenters. The van der Waals surface area contributed by atoms with E-state index in [9.17, 15) is 4.79 Å². The molecule has 0 aliphatic carbocycles. The quantitative estimate of drug-likeness (QED) is 0.546. The van der Waals surface area contributed by atoms with Crippen molar-refractivity contribution >= 4 is 47.2 Å². The van der Waals surface area contributed by atoms with Crippen molar-refractivity contribution in [1.29, 1.82) is 0 Å². The van der Waals surface area contributed by atoms with Gasteiger partial charge in [0.25, 0.3) is 5.91 Å². The third kappa shape index (κ3) is 4.48. The van der Waals surface area contributed by atoms with Gasteiger partial charge < -0.3 is 9.64 Å². The number of hydrogen-bond acceptors (Lipinski definition) is 3. The third-order valence-corrected chi connectivity index (χ3v) is 5.54. The van der Waals surface area contributed by atoms with Gasteiger partial charge in [0, 0.05) is 21.2 Å². The van der Waals surface area contributed by atoms with Gasteiger partial charge in [-0.1, -0.05) is 71.7 Å². The Morgan fingerprint density at radius 3 is 2.37 bits per heavy atom. The largest absolute Gasteiger partial charge is 0.341 e. The lowest BCUT2D eigenvalue weighted by Crippen LogP contribution is -2.45. The Balaban J connectivity index is 0.00000256. The molecule has 1 aliphatic heterocycles. The number of ether oxygens (including phenoxy) is 1. The molecule has 4 nitrogen and oxygen atoms in total. The van der Waals surface area contributed by atoms with Crippen LogP contribution in [0, 0.1) is 0 Å². The van der Waals surface area contributed by atoms with Crippen LogP contribution in [0.25, 0.3) is 0 Å². The molecule has 3 aromatic rings. The molecule has 7 heteroatoms. The zero-order valence-corrected chi connectivity index (χ0v) is 18.5. The zero-order valence-electron chi connectivity index (χ0n) is 16.2. The predicted molar refractivity (Wildman–Crippen MR) is 124 cm³/mol. The fourth-order valence-electron chi connectivity index (χ4n) is 3.56. The minimum Gasteiger partial charge on any atom is -0.341 e. The van der Waals surface area contributed by atoms with Gasteiger partial charge in [-0.3, -0.25) is 10.1 Å². The molecule has 1 heterocycles. The molecule has 0 aromatic heterocycles. The fourth-order valence-corrected chi connectivity index (χ4v) is 3.97. The SMILES string of the molecule is CN[C@@H]1O[C@@H](c2ccccc2Cl)c2cc(Cl)ccc2N(Cc2ccccc2)C1=O.Cl. The van der Waals surface area contributed by atoms with Crippen LogP contribution in [0.4, 0.5) is 5.69 Å². The second-order valence-corrected chi connectivity index (χ2v) is 7.66. The van der Waals surface area contributed by atoms with E-state index in [1.165, 1.54) is 0 Å². The molecular weight excluding hydrogens is 443 g/mol. The number of halogens is 3. The van der Waals surface area contributed by atoms with Crippen LogP contribution in [0.5, 0.6) is 0 Å². The first-order valence-corrected chi connectivity index (χ1v) is 10.1. The molecule has 30 heavy (non-hydrogen) atoms. The van der Waals surface area contributed by atoms with Crippen LogP contribution in [0.1, 0.15) is 22.8 Å². The summed E-state index contributed by atoms with van der Waals surface area (Å²) in [6.45, 7) is 0.422. The maximum atomic E-state index is 13.4. The van der Waals surface area contributed by atoms with E-state index in [1.54, 1.807) is 18.0 Å². The molecule has 2 atom stereocenters. The van der Waals surface area contributed by atoms with Crippen molar-refractivity contribution in [2.75, 3.05) is 11.9 Å². The number of fused-ring (bicyclic) bond motifs is 1. The van der Waals surface area contributed by atoms with Crippen molar-refractivity contribution in [2.45, 2.75) is 18.9 Å². The van der Waals surface area contributed by atoms with Crippen LogP contribution < -0.4 is 10.2 Å². The molecule has 156 valence electrons. The van der Waals surface area contributed by atoms with Crippen LogP contribution in [0.3, 0.4) is 0 Å². The molecule has 0 spiro atoms. The van der Waals surface area contributed by atoms with Crippen molar-refractivity contribution in [2.24, 2.45) is 0 Å². The Morgan fingerprint density at radius 2 is 1.67 bits per heavy atom. The van der Waals surface area contributed by atoms with Crippen LogP contribution in [0.2, 0.25) is 10.0 Å². The molecule has 0 radical (unpaired) electrons. The van der Waals surface area contributed by atoms with Crippen molar-refractivity contribution in [3.63, 3.8) is 0 Å². The summed E-state index contributed by atoms with van der Waals surface area (Å²) in [5.74, 6) is -0.172. The topological polar surface area (TPSA) is 41.6 Å². The van der Waals surface area contributed by atoms with E-state index in [0.29, 0.717) is 16.6 Å². The number of rotatable bonds is 4. The van der Waals surface area contributed by atoms with Crippen LogP contribution >= 0.6 is 35.6 Å².